The third-order valence-corrected chi connectivity index (χ3v) is 6.56. The molecule has 2 nitrogen and oxygen atoms in total. The number of thioether (sulfide) groups is 1. The first-order valence-electron chi connectivity index (χ1n) is 9.32. The molecule has 3 rings (SSSR count). The minimum Gasteiger partial charge on any atom is -0.336 e. The summed E-state index contributed by atoms with van der Waals surface area (Å²) in [6, 6.07) is 11.4. The maximum atomic E-state index is 13.2. The Hall–Kier alpha value is -2.07. The van der Waals surface area contributed by atoms with E-state index in [1.54, 1.807) is 12.1 Å². The summed E-state index contributed by atoms with van der Waals surface area (Å²) in [5.41, 5.74) is 5.13. The molecule has 0 amide bonds. The lowest BCUT2D eigenvalue weighted by Gasteiger charge is -2.31. The van der Waals surface area contributed by atoms with Gasteiger partial charge in [0.2, 0.25) is 0 Å². The number of hydrogen-bond acceptors (Lipinski definition) is 2. The summed E-state index contributed by atoms with van der Waals surface area (Å²) in [6.45, 7) is 9.74. The maximum Gasteiger partial charge on any atom is 0.123 e. The zero-order valence-corrected chi connectivity index (χ0v) is 17.3. The number of nitrogens with zero attached hydrogens (tertiary/aromatic N) is 2. The molecule has 0 radical (unpaired) electrons. The van der Waals surface area contributed by atoms with Crippen LogP contribution in [-0.4, -0.2) is 14.3 Å². The fraction of sp³-hybridized carbons (Fsp3) is 0.348. The highest BCUT2D eigenvalue weighted by molar-refractivity contribution is 8.00. The van der Waals surface area contributed by atoms with Crippen molar-refractivity contribution in [1.29, 1.82) is 0 Å². The maximum absolute atomic E-state index is 13.2. The van der Waals surface area contributed by atoms with E-state index in [1.165, 1.54) is 27.1 Å². The number of halogens is 1. The van der Waals surface area contributed by atoms with Crippen LogP contribution in [0.15, 0.2) is 60.0 Å². The van der Waals surface area contributed by atoms with Crippen LogP contribution in [0.5, 0.6) is 0 Å². The molecule has 0 N–H and O–H groups in total. The Morgan fingerprint density at radius 1 is 1.07 bits per heavy atom. The lowest BCUT2D eigenvalue weighted by Crippen LogP contribution is -2.27. The molecule has 0 fully saturated rings. The van der Waals surface area contributed by atoms with E-state index in [0.29, 0.717) is 0 Å². The number of rotatable bonds is 7. The van der Waals surface area contributed by atoms with Gasteiger partial charge in [-0.2, -0.15) is 0 Å². The smallest absolute Gasteiger partial charge is 0.123 e. The summed E-state index contributed by atoms with van der Waals surface area (Å²) in [5, 5.41) is 0. The van der Waals surface area contributed by atoms with Crippen LogP contribution in [-0.2, 0) is 13.0 Å². The van der Waals surface area contributed by atoms with E-state index in [1.807, 2.05) is 42.6 Å². The highest BCUT2D eigenvalue weighted by atomic mass is 32.2. The SMILES string of the molecule is Cc1cc(C)c(SC(C)(CCc2ccc(F)cc2)Cn2ccnc2)c(C)c1. The molecule has 27 heavy (non-hydrogen) atoms. The van der Waals surface area contributed by atoms with E-state index in [0.717, 1.165) is 19.4 Å². The molecule has 1 unspecified atom stereocenters. The molecular formula is C23H27FN2S. The van der Waals surface area contributed by atoms with Gasteiger partial charge in [0.1, 0.15) is 5.82 Å². The molecule has 0 bridgehead atoms. The summed E-state index contributed by atoms with van der Waals surface area (Å²) in [7, 11) is 0. The Morgan fingerprint density at radius 2 is 1.74 bits per heavy atom. The van der Waals surface area contributed by atoms with Crippen molar-refractivity contribution in [3.8, 4) is 0 Å². The van der Waals surface area contributed by atoms with Gasteiger partial charge in [0.15, 0.2) is 0 Å². The number of imidazole rings is 1. The van der Waals surface area contributed by atoms with Crippen molar-refractivity contribution in [3.05, 3.63) is 83.2 Å². The number of aryl methyl sites for hydroxylation is 4. The van der Waals surface area contributed by atoms with Gasteiger partial charge in [0.25, 0.3) is 0 Å². The molecule has 3 aromatic rings. The molecule has 0 aliphatic heterocycles. The van der Waals surface area contributed by atoms with Crippen molar-refractivity contribution < 1.29 is 4.39 Å². The van der Waals surface area contributed by atoms with Crippen LogP contribution >= 0.6 is 11.8 Å². The van der Waals surface area contributed by atoms with Crippen LogP contribution in [0.2, 0.25) is 0 Å². The van der Waals surface area contributed by atoms with Crippen LogP contribution in [0.3, 0.4) is 0 Å². The van der Waals surface area contributed by atoms with E-state index in [2.05, 4.69) is 49.4 Å². The summed E-state index contributed by atoms with van der Waals surface area (Å²) in [5.74, 6) is -0.180. The largest absolute Gasteiger partial charge is 0.336 e. The van der Waals surface area contributed by atoms with Crippen molar-refractivity contribution >= 4 is 11.8 Å². The summed E-state index contributed by atoms with van der Waals surface area (Å²) < 4.78 is 15.4. The molecule has 1 aromatic heterocycles. The van der Waals surface area contributed by atoms with E-state index < -0.39 is 0 Å². The lowest BCUT2D eigenvalue weighted by molar-refractivity contribution is 0.495. The lowest BCUT2D eigenvalue weighted by atomic mass is 10.00. The van der Waals surface area contributed by atoms with Gasteiger partial charge >= 0.3 is 0 Å². The highest BCUT2D eigenvalue weighted by Gasteiger charge is 2.28. The average Bonchev–Trinajstić information content (AvgIpc) is 3.10. The van der Waals surface area contributed by atoms with Crippen LogP contribution in [0.4, 0.5) is 4.39 Å². The quantitative estimate of drug-likeness (QED) is 0.457. The molecule has 1 heterocycles. The molecule has 2 aromatic carbocycles. The molecule has 0 aliphatic carbocycles. The molecule has 1 atom stereocenters. The predicted molar refractivity (Wildman–Crippen MR) is 112 cm³/mol. The summed E-state index contributed by atoms with van der Waals surface area (Å²) in [6.07, 6.45) is 7.64. The Balaban J connectivity index is 1.84. The monoisotopic (exact) mass is 382 g/mol. The molecule has 0 aliphatic rings. The van der Waals surface area contributed by atoms with Gasteiger partial charge in [-0.15, -0.1) is 11.8 Å². The van der Waals surface area contributed by atoms with Crippen molar-refractivity contribution in [1.82, 2.24) is 9.55 Å². The Labute approximate surface area is 165 Å². The summed E-state index contributed by atoms with van der Waals surface area (Å²) >= 11 is 1.95. The molecule has 0 saturated carbocycles. The standard InChI is InChI=1S/C23H27FN2S/c1-17-13-18(2)22(19(3)14-17)27-23(4,15-26-12-11-25-16-26)10-9-20-5-7-21(24)8-6-20/h5-8,11-14,16H,9-10,15H2,1-4H3. The first kappa shape index (κ1) is 19.7. The van der Waals surface area contributed by atoms with Gasteiger partial charge in [-0.3, -0.25) is 0 Å². The van der Waals surface area contributed by atoms with E-state index in [-0.39, 0.29) is 10.6 Å². The molecule has 142 valence electrons. The first-order chi connectivity index (χ1) is 12.8. The van der Waals surface area contributed by atoms with E-state index >= 15 is 0 Å². The molecule has 4 heteroatoms. The summed E-state index contributed by atoms with van der Waals surface area (Å²) in [4.78, 5) is 5.56. The van der Waals surface area contributed by atoms with Gasteiger partial charge < -0.3 is 4.57 Å². The Kier molecular flexibility index (Phi) is 6.05. The fourth-order valence-corrected chi connectivity index (χ4v) is 4.91. The zero-order chi connectivity index (χ0) is 19.4. The van der Waals surface area contributed by atoms with Gasteiger partial charge in [0.05, 0.1) is 6.33 Å². The van der Waals surface area contributed by atoms with Crippen LogP contribution < -0.4 is 0 Å². The Morgan fingerprint density at radius 3 is 2.33 bits per heavy atom. The second-order valence-electron chi connectivity index (χ2n) is 7.64. The van der Waals surface area contributed by atoms with Gasteiger partial charge in [-0.05, 0) is 69.4 Å². The second-order valence-corrected chi connectivity index (χ2v) is 9.24. The number of benzene rings is 2. The Bertz CT molecular complexity index is 864. The number of aromatic nitrogens is 2. The van der Waals surface area contributed by atoms with Gasteiger partial charge in [0, 0.05) is 28.6 Å². The predicted octanol–water partition coefficient (Wildman–Crippen LogP) is 6.13. The van der Waals surface area contributed by atoms with E-state index in [9.17, 15) is 4.39 Å². The zero-order valence-electron chi connectivity index (χ0n) is 16.5. The first-order valence-corrected chi connectivity index (χ1v) is 10.1. The highest BCUT2D eigenvalue weighted by Crippen LogP contribution is 2.41. The molecule has 0 spiro atoms. The normalized spacial score (nSPS) is 13.5. The van der Waals surface area contributed by atoms with Crippen molar-refractivity contribution in [2.24, 2.45) is 0 Å². The van der Waals surface area contributed by atoms with Gasteiger partial charge in [-0.1, -0.05) is 29.8 Å². The van der Waals surface area contributed by atoms with Crippen LogP contribution in [0.1, 0.15) is 35.6 Å². The topological polar surface area (TPSA) is 17.8 Å². The second kappa shape index (κ2) is 8.30. The van der Waals surface area contributed by atoms with Crippen molar-refractivity contribution in [2.45, 2.75) is 56.7 Å². The van der Waals surface area contributed by atoms with Crippen molar-refractivity contribution in [3.63, 3.8) is 0 Å². The number of hydrogen-bond donors (Lipinski definition) is 0. The van der Waals surface area contributed by atoms with E-state index in [4.69, 9.17) is 0 Å². The third kappa shape index (κ3) is 5.23. The van der Waals surface area contributed by atoms with Crippen LogP contribution in [0.25, 0.3) is 0 Å². The van der Waals surface area contributed by atoms with Gasteiger partial charge in [-0.25, -0.2) is 9.37 Å². The minimum atomic E-state index is -0.180. The molecule has 0 saturated heterocycles. The fourth-order valence-electron chi connectivity index (χ4n) is 3.56. The van der Waals surface area contributed by atoms with Crippen molar-refractivity contribution in [2.75, 3.05) is 0 Å². The third-order valence-electron chi connectivity index (χ3n) is 4.89. The average molecular weight is 383 g/mol. The minimum absolute atomic E-state index is 0.000135. The molecular weight excluding hydrogens is 355 g/mol. The van der Waals surface area contributed by atoms with Crippen LogP contribution in [0, 0.1) is 26.6 Å².